The summed E-state index contributed by atoms with van der Waals surface area (Å²) in [5, 5.41) is 0.305. The molecule has 68 valence electrons. The number of benzene rings is 1. The van der Waals surface area contributed by atoms with Gasteiger partial charge in [-0.05, 0) is 19.4 Å². The van der Waals surface area contributed by atoms with Crippen molar-refractivity contribution in [2.75, 3.05) is 0 Å². The fourth-order valence-corrected chi connectivity index (χ4v) is 1.28. The number of rotatable bonds is 2. The largest absolute Gasteiger partial charge is 0.245 e. The molecule has 0 aromatic heterocycles. The summed E-state index contributed by atoms with van der Waals surface area (Å²) in [6.07, 6.45) is 1.72. The number of halogens is 1. The maximum absolute atomic E-state index is 5.51. The normalized spacial score (nSPS) is 10.7. The molecule has 0 saturated heterocycles. The molecule has 0 heterocycles. The van der Waals surface area contributed by atoms with E-state index in [1.807, 2.05) is 0 Å². The second-order valence-electron chi connectivity index (χ2n) is 3.06. The summed E-state index contributed by atoms with van der Waals surface area (Å²) in [5.41, 5.74) is 3.50. The van der Waals surface area contributed by atoms with Gasteiger partial charge < -0.3 is 0 Å². The van der Waals surface area contributed by atoms with E-state index in [1.54, 1.807) is 6.21 Å². The lowest BCUT2D eigenvalue weighted by molar-refractivity contribution is 1.37. The molecule has 0 amide bonds. The Balaban J connectivity index is 2.95. The highest BCUT2D eigenvalue weighted by molar-refractivity contribution is 6.29. The first-order chi connectivity index (χ1) is 6.08. The minimum Gasteiger partial charge on any atom is -0.245 e. The Labute approximate surface area is 83.8 Å². The summed E-state index contributed by atoms with van der Waals surface area (Å²) < 4.78 is 0. The first-order valence-corrected chi connectivity index (χ1v) is 4.42. The van der Waals surface area contributed by atoms with E-state index in [4.69, 9.17) is 11.6 Å². The van der Waals surface area contributed by atoms with Gasteiger partial charge in [0.25, 0.3) is 0 Å². The third kappa shape index (κ3) is 3.43. The topological polar surface area (TPSA) is 12.4 Å². The number of hydrogen-bond acceptors (Lipinski definition) is 1. The minimum atomic E-state index is 0.305. The SMILES string of the molecule is C=C(Cl)/N=C\c1cc(C)cc(C)c1. The molecular weight excluding hydrogens is 182 g/mol. The molecule has 0 radical (unpaired) electrons. The van der Waals surface area contributed by atoms with Crippen LogP contribution < -0.4 is 0 Å². The molecule has 1 rings (SSSR count). The van der Waals surface area contributed by atoms with Crippen LogP contribution in [0.4, 0.5) is 0 Å². The molecule has 0 bridgehead atoms. The van der Waals surface area contributed by atoms with Gasteiger partial charge in [-0.25, -0.2) is 4.99 Å². The first-order valence-electron chi connectivity index (χ1n) is 4.05. The smallest absolute Gasteiger partial charge is 0.121 e. The second kappa shape index (κ2) is 4.24. The van der Waals surface area contributed by atoms with Crippen molar-refractivity contribution in [1.82, 2.24) is 0 Å². The Kier molecular flexibility index (Phi) is 3.26. The number of hydrogen-bond donors (Lipinski definition) is 0. The molecule has 1 aromatic rings. The van der Waals surface area contributed by atoms with Crippen molar-refractivity contribution in [2.45, 2.75) is 13.8 Å². The van der Waals surface area contributed by atoms with Crippen molar-refractivity contribution in [1.29, 1.82) is 0 Å². The van der Waals surface area contributed by atoms with Crippen LogP contribution >= 0.6 is 11.6 Å². The highest BCUT2D eigenvalue weighted by atomic mass is 35.5. The van der Waals surface area contributed by atoms with Crippen LogP contribution in [0.25, 0.3) is 0 Å². The van der Waals surface area contributed by atoms with E-state index in [0.717, 1.165) is 5.56 Å². The van der Waals surface area contributed by atoms with Crippen molar-refractivity contribution in [3.05, 3.63) is 46.6 Å². The van der Waals surface area contributed by atoms with Crippen molar-refractivity contribution in [3.8, 4) is 0 Å². The van der Waals surface area contributed by atoms with Crippen LogP contribution in [0.1, 0.15) is 16.7 Å². The van der Waals surface area contributed by atoms with Gasteiger partial charge in [0.2, 0.25) is 0 Å². The zero-order valence-corrected chi connectivity index (χ0v) is 8.60. The molecule has 0 unspecified atom stereocenters. The van der Waals surface area contributed by atoms with Crippen LogP contribution in [0.15, 0.2) is 34.9 Å². The molecule has 1 aromatic carbocycles. The van der Waals surface area contributed by atoms with E-state index < -0.39 is 0 Å². The van der Waals surface area contributed by atoms with Crippen molar-refractivity contribution in [3.63, 3.8) is 0 Å². The summed E-state index contributed by atoms with van der Waals surface area (Å²) in [6.45, 7) is 7.59. The predicted molar refractivity (Wildman–Crippen MR) is 58.5 cm³/mol. The Morgan fingerprint density at radius 3 is 2.31 bits per heavy atom. The van der Waals surface area contributed by atoms with E-state index in [2.05, 4.69) is 43.6 Å². The van der Waals surface area contributed by atoms with Crippen molar-refractivity contribution >= 4 is 17.8 Å². The zero-order valence-electron chi connectivity index (χ0n) is 7.84. The van der Waals surface area contributed by atoms with Gasteiger partial charge >= 0.3 is 0 Å². The van der Waals surface area contributed by atoms with E-state index in [1.165, 1.54) is 11.1 Å². The van der Waals surface area contributed by atoms with Crippen LogP contribution in [0.5, 0.6) is 0 Å². The Morgan fingerprint density at radius 1 is 1.31 bits per heavy atom. The van der Waals surface area contributed by atoms with Gasteiger partial charge in [0.1, 0.15) is 5.16 Å². The molecule has 0 aliphatic rings. The summed E-state index contributed by atoms with van der Waals surface area (Å²) in [4.78, 5) is 3.92. The standard InChI is InChI=1S/C11H12ClN/c1-8-4-9(2)6-11(5-8)7-13-10(3)12/h4-7H,3H2,1-2H3/b13-7-. The van der Waals surface area contributed by atoms with Crippen LogP contribution in [0, 0.1) is 13.8 Å². The fourth-order valence-electron chi connectivity index (χ4n) is 1.23. The molecule has 0 saturated carbocycles. The Morgan fingerprint density at radius 2 is 1.85 bits per heavy atom. The third-order valence-corrected chi connectivity index (χ3v) is 1.70. The molecular formula is C11H12ClN. The van der Waals surface area contributed by atoms with Gasteiger partial charge in [0.15, 0.2) is 0 Å². The fraction of sp³-hybridized carbons (Fsp3) is 0.182. The van der Waals surface area contributed by atoms with Gasteiger partial charge in [0.05, 0.1) is 0 Å². The summed E-state index contributed by atoms with van der Waals surface area (Å²) in [6, 6.07) is 6.22. The van der Waals surface area contributed by atoms with E-state index in [0.29, 0.717) is 5.16 Å². The van der Waals surface area contributed by atoms with Crippen LogP contribution in [0.2, 0.25) is 0 Å². The summed E-state index contributed by atoms with van der Waals surface area (Å²) in [5.74, 6) is 0. The second-order valence-corrected chi connectivity index (χ2v) is 3.49. The molecule has 0 aliphatic heterocycles. The van der Waals surface area contributed by atoms with Gasteiger partial charge in [-0.15, -0.1) is 0 Å². The van der Waals surface area contributed by atoms with Crippen LogP contribution in [-0.4, -0.2) is 6.21 Å². The number of aliphatic imine (C=N–C) groups is 1. The maximum atomic E-state index is 5.51. The molecule has 0 aliphatic carbocycles. The number of nitrogens with zero attached hydrogens (tertiary/aromatic N) is 1. The summed E-state index contributed by atoms with van der Waals surface area (Å²) in [7, 11) is 0. The highest BCUT2D eigenvalue weighted by Crippen LogP contribution is 2.07. The monoisotopic (exact) mass is 193 g/mol. The molecule has 13 heavy (non-hydrogen) atoms. The maximum Gasteiger partial charge on any atom is 0.121 e. The van der Waals surface area contributed by atoms with Crippen molar-refractivity contribution < 1.29 is 0 Å². The van der Waals surface area contributed by atoms with Crippen molar-refractivity contribution in [2.24, 2.45) is 4.99 Å². The van der Waals surface area contributed by atoms with Crippen LogP contribution in [-0.2, 0) is 0 Å². The van der Waals surface area contributed by atoms with E-state index in [9.17, 15) is 0 Å². The molecule has 1 nitrogen and oxygen atoms in total. The predicted octanol–water partition coefficient (Wildman–Crippen LogP) is 3.43. The zero-order chi connectivity index (χ0) is 9.84. The van der Waals surface area contributed by atoms with Gasteiger partial charge in [0, 0.05) is 6.21 Å². The minimum absolute atomic E-state index is 0.305. The number of aryl methyl sites for hydroxylation is 2. The van der Waals surface area contributed by atoms with E-state index >= 15 is 0 Å². The lowest BCUT2D eigenvalue weighted by atomic mass is 10.1. The lowest BCUT2D eigenvalue weighted by Gasteiger charge is -1.98. The molecule has 0 fully saturated rings. The lowest BCUT2D eigenvalue weighted by Crippen LogP contribution is -1.85. The average Bonchev–Trinajstić information content (AvgIpc) is 1.99. The Hall–Kier alpha value is -1.08. The quantitative estimate of drug-likeness (QED) is 0.504. The molecule has 0 spiro atoms. The summed E-state index contributed by atoms with van der Waals surface area (Å²) >= 11 is 5.51. The molecule has 2 heteroatoms. The van der Waals surface area contributed by atoms with Gasteiger partial charge in [-0.1, -0.05) is 47.5 Å². The molecule has 0 atom stereocenters. The van der Waals surface area contributed by atoms with Gasteiger partial charge in [-0.2, -0.15) is 0 Å². The molecule has 0 N–H and O–H groups in total. The third-order valence-electron chi connectivity index (χ3n) is 1.60. The highest BCUT2D eigenvalue weighted by Gasteiger charge is 1.92. The van der Waals surface area contributed by atoms with Gasteiger partial charge in [-0.3, -0.25) is 0 Å². The average molecular weight is 194 g/mol. The first kappa shape index (κ1) is 10.0. The van der Waals surface area contributed by atoms with E-state index in [-0.39, 0.29) is 0 Å². The van der Waals surface area contributed by atoms with Crippen LogP contribution in [0.3, 0.4) is 0 Å². The Bertz CT molecular complexity index is 333.